The Morgan fingerprint density at radius 3 is 2.77 bits per heavy atom. The van der Waals surface area contributed by atoms with E-state index in [1.807, 2.05) is 41.3 Å². The van der Waals surface area contributed by atoms with Crippen molar-refractivity contribution in [3.63, 3.8) is 0 Å². The molecule has 22 heavy (non-hydrogen) atoms. The molecule has 1 aromatic carbocycles. The van der Waals surface area contributed by atoms with Crippen molar-refractivity contribution in [3.05, 3.63) is 42.0 Å². The number of carbonyl (C=O) groups excluding carboxylic acids is 1. The predicted octanol–water partition coefficient (Wildman–Crippen LogP) is 3.08. The zero-order chi connectivity index (χ0) is 15.2. The molecule has 2 atom stereocenters. The third-order valence-electron chi connectivity index (χ3n) is 4.90. The van der Waals surface area contributed by atoms with Crippen LogP contribution in [0.3, 0.4) is 0 Å². The zero-order valence-electron chi connectivity index (χ0n) is 13.2. The van der Waals surface area contributed by atoms with Crippen LogP contribution in [0.1, 0.15) is 37.7 Å². The van der Waals surface area contributed by atoms with Gasteiger partial charge in [-0.3, -0.25) is 4.79 Å². The van der Waals surface area contributed by atoms with Gasteiger partial charge >= 0.3 is 0 Å². The summed E-state index contributed by atoms with van der Waals surface area (Å²) >= 11 is 0. The summed E-state index contributed by atoms with van der Waals surface area (Å²) in [6.07, 6.45) is 9.93. The van der Waals surface area contributed by atoms with Crippen LogP contribution in [0.2, 0.25) is 0 Å². The molecule has 2 fully saturated rings. The molecular formula is C19H26N2O. The van der Waals surface area contributed by atoms with Crippen LogP contribution < -0.4 is 5.32 Å². The zero-order valence-corrected chi connectivity index (χ0v) is 13.2. The number of nitrogens with one attached hydrogen (secondary N) is 1. The third-order valence-corrected chi connectivity index (χ3v) is 4.90. The lowest BCUT2D eigenvalue weighted by Gasteiger charge is -2.38. The topological polar surface area (TPSA) is 32.3 Å². The quantitative estimate of drug-likeness (QED) is 0.870. The summed E-state index contributed by atoms with van der Waals surface area (Å²) in [5.41, 5.74) is 1.08. The van der Waals surface area contributed by atoms with E-state index in [0.29, 0.717) is 12.0 Å². The molecule has 2 saturated heterocycles. The molecule has 3 nitrogen and oxygen atoms in total. The van der Waals surface area contributed by atoms with Crippen molar-refractivity contribution in [2.24, 2.45) is 5.92 Å². The fourth-order valence-corrected chi connectivity index (χ4v) is 3.66. The molecule has 0 bridgehead atoms. The van der Waals surface area contributed by atoms with Crippen LogP contribution in [0.5, 0.6) is 0 Å². The van der Waals surface area contributed by atoms with E-state index < -0.39 is 0 Å². The van der Waals surface area contributed by atoms with Crippen molar-refractivity contribution < 1.29 is 4.79 Å². The largest absolute Gasteiger partial charge is 0.339 e. The first-order valence-electron chi connectivity index (χ1n) is 8.58. The highest BCUT2D eigenvalue weighted by molar-refractivity contribution is 5.91. The predicted molar refractivity (Wildman–Crippen MR) is 90.4 cm³/mol. The number of hydrogen-bond donors (Lipinski definition) is 1. The second-order valence-electron chi connectivity index (χ2n) is 6.49. The maximum atomic E-state index is 12.4. The van der Waals surface area contributed by atoms with Gasteiger partial charge in [-0.2, -0.15) is 0 Å². The van der Waals surface area contributed by atoms with E-state index in [4.69, 9.17) is 0 Å². The van der Waals surface area contributed by atoms with Gasteiger partial charge in [0.2, 0.25) is 5.91 Å². The molecule has 1 amide bonds. The maximum absolute atomic E-state index is 12.4. The number of benzene rings is 1. The fourth-order valence-electron chi connectivity index (χ4n) is 3.66. The Morgan fingerprint density at radius 1 is 1.14 bits per heavy atom. The average molecular weight is 298 g/mol. The summed E-state index contributed by atoms with van der Waals surface area (Å²) in [6.45, 7) is 2.96. The number of rotatable bonds is 3. The van der Waals surface area contributed by atoms with Gasteiger partial charge in [-0.15, -0.1) is 0 Å². The number of amides is 1. The summed E-state index contributed by atoms with van der Waals surface area (Å²) in [6, 6.07) is 10.6. The Balaban J connectivity index is 1.57. The number of piperidine rings is 2. The van der Waals surface area contributed by atoms with Gasteiger partial charge < -0.3 is 10.2 Å². The number of nitrogens with zero attached hydrogens (tertiary/aromatic N) is 1. The molecule has 0 radical (unpaired) electrons. The standard InChI is InChI=1S/C19H26N2O/c22-19(12-11-16-7-2-1-3-8-16)21-14-6-9-17(15-21)18-10-4-5-13-20-18/h1-3,7-8,11-12,17-18,20H,4-6,9-10,13-15H2/b12-11-. The minimum atomic E-state index is 0.157. The highest BCUT2D eigenvalue weighted by Gasteiger charge is 2.29. The monoisotopic (exact) mass is 298 g/mol. The molecule has 0 spiro atoms. The van der Waals surface area contributed by atoms with Gasteiger partial charge in [0.1, 0.15) is 0 Å². The smallest absolute Gasteiger partial charge is 0.246 e. The normalized spacial score (nSPS) is 26.3. The van der Waals surface area contributed by atoms with Crippen LogP contribution >= 0.6 is 0 Å². The van der Waals surface area contributed by atoms with E-state index >= 15 is 0 Å². The van der Waals surface area contributed by atoms with Crippen LogP contribution in [-0.4, -0.2) is 36.5 Å². The summed E-state index contributed by atoms with van der Waals surface area (Å²) in [7, 11) is 0. The Bertz CT molecular complexity index is 505. The SMILES string of the molecule is O=C(/C=C\c1ccccc1)N1CCCC(C2CCCCN2)C1. The highest BCUT2D eigenvalue weighted by Crippen LogP contribution is 2.24. The first-order chi connectivity index (χ1) is 10.8. The van der Waals surface area contributed by atoms with Crippen molar-refractivity contribution >= 4 is 12.0 Å². The maximum Gasteiger partial charge on any atom is 0.246 e. The molecule has 2 heterocycles. The second kappa shape index (κ2) is 7.59. The molecule has 2 aliphatic heterocycles. The lowest BCUT2D eigenvalue weighted by molar-refractivity contribution is -0.128. The van der Waals surface area contributed by atoms with Gasteiger partial charge in [-0.05, 0) is 49.8 Å². The molecular weight excluding hydrogens is 272 g/mol. The van der Waals surface area contributed by atoms with Crippen LogP contribution in [0.4, 0.5) is 0 Å². The molecule has 118 valence electrons. The molecule has 0 aromatic heterocycles. The molecule has 0 saturated carbocycles. The molecule has 1 N–H and O–H groups in total. The van der Waals surface area contributed by atoms with Gasteiger partial charge in [-0.1, -0.05) is 36.8 Å². The lowest BCUT2D eigenvalue weighted by atomic mass is 9.86. The van der Waals surface area contributed by atoms with E-state index in [-0.39, 0.29) is 5.91 Å². The van der Waals surface area contributed by atoms with Crippen LogP contribution in [0.25, 0.3) is 6.08 Å². The van der Waals surface area contributed by atoms with Gasteiger partial charge in [0.25, 0.3) is 0 Å². The van der Waals surface area contributed by atoms with Crippen molar-refractivity contribution in [2.45, 2.75) is 38.1 Å². The first-order valence-corrected chi connectivity index (χ1v) is 8.58. The van der Waals surface area contributed by atoms with Crippen molar-refractivity contribution in [1.82, 2.24) is 10.2 Å². The van der Waals surface area contributed by atoms with Crippen molar-refractivity contribution in [2.75, 3.05) is 19.6 Å². The molecule has 2 unspecified atom stereocenters. The van der Waals surface area contributed by atoms with Crippen molar-refractivity contribution in [3.8, 4) is 0 Å². The number of carbonyl (C=O) groups is 1. The second-order valence-corrected chi connectivity index (χ2v) is 6.49. The molecule has 3 rings (SSSR count). The lowest BCUT2D eigenvalue weighted by Crippen LogP contribution is -2.48. The summed E-state index contributed by atoms with van der Waals surface area (Å²) in [5.74, 6) is 0.785. The Morgan fingerprint density at radius 2 is 2.00 bits per heavy atom. The summed E-state index contributed by atoms with van der Waals surface area (Å²) in [4.78, 5) is 14.5. The first kappa shape index (κ1) is 15.3. The Labute approximate surface area is 133 Å². The van der Waals surface area contributed by atoms with E-state index in [1.165, 1.54) is 25.7 Å². The minimum Gasteiger partial charge on any atom is -0.339 e. The van der Waals surface area contributed by atoms with Crippen molar-refractivity contribution in [1.29, 1.82) is 0 Å². The highest BCUT2D eigenvalue weighted by atomic mass is 16.2. The van der Waals surface area contributed by atoms with E-state index in [9.17, 15) is 4.79 Å². The molecule has 0 aliphatic carbocycles. The Hall–Kier alpha value is -1.61. The average Bonchev–Trinajstić information content (AvgIpc) is 2.61. The summed E-state index contributed by atoms with van der Waals surface area (Å²) < 4.78 is 0. The molecule has 1 aromatic rings. The van der Waals surface area contributed by atoms with E-state index in [0.717, 1.165) is 31.6 Å². The van der Waals surface area contributed by atoms with Gasteiger partial charge in [0.15, 0.2) is 0 Å². The van der Waals surface area contributed by atoms with Crippen LogP contribution in [-0.2, 0) is 4.79 Å². The van der Waals surface area contributed by atoms with Gasteiger partial charge in [0, 0.05) is 25.2 Å². The van der Waals surface area contributed by atoms with E-state index in [2.05, 4.69) is 5.32 Å². The molecule has 2 aliphatic rings. The van der Waals surface area contributed by atoms with Gasteiger partial charge in [-0.25, -0.2) is 0 Å². The third kappa shape index (κ3) is 3.98. The summed E-state index contributed by atoms with van der Waals surface area (Å²) in [5, 5.41) is 3.65. The van der Waals surface area contributed by atoms with Crippen LogP contribution in [0, 0.1) is 5.92 Å². The Kier molecular flexibility index (Phi) is 5.28. The molecule has 3 heteroatoms. The van der Waals surface area contributed by atoms with E-state index in [1.54, 1.807) is 6.08 Å². The van der Waals surface area contributed by atoms with Crippen LogP contribution in [0.15, 0.2) is 36.4 Å². The van der Waals surface area contributed by atoms with Gasteiger partial charge in [0.05, 0.1) is 0 Å². The number of hydrogen-bond acceptors (Lipinski definition) is 2. The fraction of sp³-hybridized carbons (Fsp3) is 0.526. The number of likely N-dealkylation sites (tertiary alicyclic amines) is 1. The minimum absolute atomic E-state index is 0.157.